The van der Waals surface area contributed by atoms with Crippen LogP contribution in [0.4, 0.5) is 0 Å². The third-order valence-electron chi connectivity index (χ3n) is 7.13. The first-order valence-corrected chi connectivity index (χ1v) is 13.5. The van der Waals surface area contributed by atoms with Crippen LogP contribution < -0.4 is 14.2 Å². The largest absolute Gasteiger partial charge is 0.507 e. The highest BCUT2D eigenvalue weighted by Gasteiger charge is 2.46. The van der Waals surface area contributed by atoms with Gasteiger partial charge in [0.2, 0.25) is 0 Å². The monoisotopic (exact) mass is 539 g/mol. The van der Waals surface area contributed by atoms with E-state index in [2.05, 4.69) is 6.58 Å². The van der Waals surface area contributed by atoms with E-state index in [-0.39, 0.29) is 17.4 Å². The van der Waals surface area contributed by atoms with Crippen LogP contribution in [0.1, 0.15) is 42.1 Å². The number of carbonyl (C=O) groups excluding carboxylic acids is 2. The zero-order valence-electron chi connectivity index (χ0n) is 22.8. The molecular weight excluding hydrogens is 506 g/mol. The van der Waals surface area contributed by atoms with E-state index in [0.717, 1.165) is 16.9 Å². The first-order valence-electron chi connectivity index (χ1n) is 13.5. The number of ketones is 1. The minimum atomic E-state index is -0.806. The highest BCUT2D eigenvalue weighted by Crippen LogP contribution is 2.43. The minimum Gasteiger partial charge on any atom is -0.507 e. The Bertz CT molecular complexity index is 1460. The number of amides is 1. The summed E-state index contributed by atoms with van der Waals surface area (Å²) in [7, 11) is 0. The fraction of sp³-hybridized carbons (Fsp3) is 0.273. The van der Waals surface area contributed by atoms with E-state index in [1.165, 1.54) is 4.90 Å². The third-order valence-corrected chi connectivity index (χ3v) is 7.13. The maximum Gasteiger partial charge on any atom is 0.295 e. The van der Waals surface area contributed by atoms with Crippen LogP contribution in [0, 0.1) is 0 Å². The van der Waals surface area contributed by atoms with Gasteiger partial charge in [0, 0.05) is 18.5 Å². The predicted molar refractivity (Wildman–Crippen MR) is 153 cm³/mol. The summed E-state index contributed by atoms with van der Waals surface area (Å²) in [5.74, 6) is 0.202. The first-order chi connectivity index (χ1) is 19.4. The molecule has 0 bridgehead atoms. The molecule has 1 fully saturated rings. The van der Waals surface area contributed by atoms with Gasteiger partial charge in [0.25, 0.3) is 11.7 Å². The Morgan fingerprint density at radius 3 is 2.62 bits per heavy atom. The molecule has 0 aromatic heterocycles. The van der Waals surface area contributed by atoms with Gasteiger partial charge in [-0.05, 0) is 67.3 Å². The van der Waals surface area contributed by atoms with Gasteiger partial charge in [-0.15, -0.1) is 0 Å². The maximum atomic E-state index is 13.5. The van der Waals surface area contributed by atoms with Crippen LogP contribution in [-0.2, 0) is 22.4 Å². The lowest BCUT2D eigenvalue weighted by Crippen LogP contribution is -2.31. The normalized spacial score (nSPS) is 19.3. The number of ether oxygens (including phenoxy) is 3. The average Bonchev–Trinajstić information content (AvgIpc) is 3.46. The van der Waals surface area contributed by atoms with Crippen molar-refractivity contribution in [3.8, 4) is 17.2 Å². The van der Waals surface area contributed by atoms with Crippen molar-refractivity contribution in [3.05, 3.63) is 107 Å². The molecule has 1 N–H and O–H groups in total. The SMILES string of the molecule is C=CCOc1ccc(C2/C(=C(/O)c3ccc4c(c3)CC(C)O4)C(=O)C(=O)N2CCc2ccccc2)cc1OCC. The number of carbonyl (C=O) groups is 2. The molecule has 5 rings (SSSR count). The van der Waals surface area contributed by atoms with E-state index in [0.29, 0.717) is 55.2 Å². The number of aliphatic hydroxyl groups is 1. The van der Waals surface area contributed by atoms with Crippen LogP contribution in [0.3, 0.4) is 0 Å². The van der Waals surface area contributed by atoms with Crippen molar-refractivity contribution >= 4 is 17.4 Å². The molecule has 0 radical (unpaired) electrons. The van der Waals surface area contributed by atoms with Crippen LogP contribution in [-0.4, -0.2) is 47.6 Å². The number of aliphatic hydroxyl groups excluding tert-OH is 1. The number of fused-ring (bicyclic) bond motifs is 1. The molecule has 206 valence electrons. The molecule has 2 atom stereocenters. The Hall–Kier alpha value is -4.52. The Morgan fingerprint density at radius 2 is 1.88 bits per heavy atom. The number of hydrogen-bond acceptors (Lipinski definition) is 6. The molecule has 2 heterocycles. The van der Waals surface area contributed by atoms with E-state index in [4.69, 9.17) is 14.2 Å². The van der Waals surface area contributed by atoms with Gasteiger partial charge in [0.1, 0.15) is 24.2 Å². The van der Waals surface area contributed by atoms with E-state index in [1.54, 1.807) is 36.4 Å². The molecule has 2 aliphatic heterocycles. The Balaban J connectivity index is 1.60. The smallest absolute Gasteiger partial charge is 0.295 e. The fourth-order valence-corrected chi connectivity index (χ4v) is 5.31. The second-order valence-electron chi connectivity index (χ2n) is 9.92. The summed E-state index contributed by atoms with van der Waals surface area (Å²) in [6.45, 7) is 8.55. The molecule has 1 saturated heterocycles. The highest BCUT2D eigenvalue weighted by molar-refractivity contribution is 6.46. The summed E-state index contributed by atoms with van der Waals surface area (Å²) < 4.78 is 17.4. The molecule has 7 nitrogen and oxygen atoms in total. The first kappa shape index (κ1) is 27.1. The molecule has 0 saturated carbocycles. The second kappa shape index (κ2) is 11.7. The number of benzene rings is 3. The summed E-state index contributed by atoms with van der Waals surface area (Å²) >= 11 is 0. The van der Waals surface area contributed by atoms with Crippen molar-refractivity contribution < 1.29 is 28.9 Å². The van der Waals surface area contributed by atoms with E-state index in [1.807, 2.05) is 50.2 Å². The van der Waals surface area contributed by atoms with Crippen LogP contribution in [0.5, 0.6) is 17.2 Å². The molecular formula is C33H33NO6. The van der Waals surface area contributed by atoms with Gasteiger partial charge in [-0.3, -0.25) is 9.59 Å². The molecule has 2 unspecified atom stereocenters. The van der Waals surface area contributed by atoms with Crippen molar-refractivity contribution in [1.82, 2.24) is 4.90 Å². The molecule has 1 amide bonds. The van der Waals surface area contributed by atoms with E-state index >= 15 is 0 Å². The molecule has 3 aromatic carbocycles. The van der Waals surface area contributed by atoms with Gasteiger partial charge in [-0.1, -0.05) is 49.1 Å². The van der Waals surface area contributed by atoms with Gasteiger partial charge >= 0.3 is 0 Å². The lowest BCUT2D eigenvalue weighted by atomic mass is 9.94. The van der Waals surface area contributed by atoms with Gasteiger partial charge in [0.15, 0.2) is 11.5 Å². The highest BCUT2D eigenvalue weighted by atomic mass is 16.5. The summed E-state index contributed by atoms with van der Waals surface area (Å²) in [6.07, 6.45) is 2.94. The number of hydrogen-bond donors (Lipinski definition) is 1. The maximum absolute atomic E-state index is 13.5. The summed E-state index contributed by atoms with van der Waals surface area (Å²) in [5, 5.41) is 11.6. The topological polar surface area (TPSA) is 85.3 Å². The fourth-order valence-electron chi connectivity index (χ4n) is 5.31. The number of likely N-dealkylation sites (tertiary alicyclic amines) is 1. The lowest BCUT2D eigenvalue weighted by molar-refractivity contribution is -0.139. The summed E-state index contributed by atoms with van der Waals surface area (Å²) in [4.78, 5) is 28.5. The Labute approximate surface area is 234 Å². The zero-order valence-corrected chi connectivity index (χ0v) is 22.8. The van der Waals surface area contributed by atoms with Gasteiger partial charge in [-0.2, -0.15) is 0 Å². The van der Waals surface area contributed by atoms with Crippen molar-refractivity contribution in [2.75, 3.05) is 19.8 Å². The van der Waals surface area contributed by atoms with Crippen LogP contribution >= 0.6 is 0 Å². The average molecular weight is 540 g/mol. The van der Waals surface area contributed by atoms with Gasteiger partial charge < -0.3 is 24.2 Å². The molecule has 2 aliphatic rings. The van der Waals surface area contributed by atoms with Crippen LogP contribution in [0.15, 0.2) is 85.0 Å². The van der Waals surface area contributed by atoms with E-state index < -0.39 is 17.7 Å². The third kappa shape index (κ3) is 5.32. The molecule has 0 aliphatic carbocycles. The molecule has 7 heteroatoms. The second-order valence-corrected chi connectivity index (χ2v) is 9.92. The number of nitrogens with zero attached hydrogens (tertiary/aromatic N) is 1. The number of rotatable bonds is 10. The predicted octanol–water partition coefficient (Wildman–Crippen LogP) is 5.64. The Kier molecular flexibility index (Phi) is 7.91. The van der Waals surface area contributed by atoms with E-state index in [9.17, 15) is 14.7 Å². The van der Waals surface area contributed by atoms with Crippen LogP contribution in [0.2, 0.25) is 0 Å². The van der Waals surface area contributed by atoms with Crippen LogP contribution in [0.25, 0.3) is 5.76 Å². The van der Waals surface area contributed by atoms with Gasteiger partial charge in [-0.25, -0.2) is 0 Å². The zero-order chi connectivity index (χ0) is 28.2. The summed E-state index contributed by atoms with van der Waals surface area (Å²) in [6, 6.07) is 19.7. The Morgan fingerprint density at radius 1 is 1.07 bits per heavy atom. The van der Waals surface area contributed by atoms with Crippen molar-refractivity contribution in [2.24, 2.45) is 0 Å². The lowest BCUT2D eigenvalue weighted by Gasteiger charge is -2.26. The molecule has 0 spiro atoms. The van der Waals surface area contributed by atoms with Crippen molar-refractivity contribution in [3.63, 3.8) is 0 Å². The quantitative estimate of drug-likeness (QED) is 0.155. The molecule has 3 aromatic rings. The summed E-state index contributed by atoms with van der Waals surface area (Å²) in [5.41, 5.74) is 3.15. The van der Waals surface area contributed by atoms with Gasteiger partial charge in [0.05, 0.1) is 18.2 Å². The molecule has 40 heavy (non-hydrogen) atoms. The standard InChI is InChI=1S/C33H33NO6/c1-4-17-39-27-14-11-23(20-28(27)38-5-2)30-29(31(35)24-12-13-26-25(19-24)18-21(3)40-26)32(36)33(37)34(30)16-15-22-9-7-6-8-10-22/h4,6-14,19-21,30,35H,1,5,15-18H2,2-3H3/b31-29-. The van der Waals surface area contributed by atoms with Crippen molar-refractivity contribution in [1.29, 1.82) is 0 Å². The minimum absolute atomic E-state index is 0.0368. The van der Waals surface area contributed by atoms with Crippen molar-refractivity contribution in [2.45, 2.75) is 38.8 Å². The number of Topliss-reactive ketones (excluding diaryl/α,β-unsaturated/α-hetero) is 1.